The summed E-state index contributed by atoms with van der Waals surface area (Å²) in [6, 6.07) is 13.6. The van der Waals surface area contributed by atoms with Crippen LogP contribution in [0.25, 0.3) is 0 Å². The van der Waals surface area contributed by atoms with Gasteiger partial charge in [0.2, 0.25) is 5.91 Å². The average Bonchev–Trinajstić information content (AvgIpc) is 2.48. The van der Waals surface area contributed by atoms with E-state index in [4.69, 9.17) is 4.74 Å². The molecule has 5 heteroatoms. The molecule has 0 aromatic heterocycles. The van der Waals surface area contributed by atoms with Crippen molar-refractivity contribution in [1.29, 1.82) is 0 Å². The first-order chi connectivity index (χ1) is 9.69. The molecule has 2 aromatic carbocycles. The molecule has 2 rings (SSSR count). The minimum Gasteiger partial charge on any atom is -0.494 e. The number of benzene rings is 2. The number of hydrogen-bond acceptors (Lipinski definition) is 3. The first-order valence-electron chi connectivity index (χ1n) is 6.00. The molecule has 0 aliphatic rings. The highest BCUT2D eigenvalue weighted by Gasteiger charge is 2.09. The maximum absolute atomic E-state index is 13.0. The van der Waals surface area contributed by atoms with Crippen molar-refractivity contribution in [2.24, 2.45) is 0 Å². The van der Waals surface area contributed by atoms with Gasteiger partial charge in [-0.2, -0.15) is 0 Å². The molecule has 0 spiro atoms. The van der Waals surface area contributed by atoms with Crippen LogP contribution in [0.15, 0.2) is 53.4 Å². The molecule has 1 amide bonds. The van der Waals surface area contributed by atoms with Crippen molar-refractivity contribution in [3.05, 3.63) is 54.3 Å². The molecule has 2 aromatic rings. The lowest BCUT2D eigenvalue weighted by molar-refractivity contribution is -0.113. The van der Waals surface area contributed by atoms with Gasteiger partial charge in [-0.25, -0.2) is 4.39 Å². The van der Waals surface area contributed by atoms with E-state index in [1.165, 1.54) is 37.1 Å². The Bertz CT molecular complexity index is 590. The van der Waals surface area contributed by atoms with E-state index in [0.717, 1.165) is 4.90 Å². The van der Waals surface area contributed by atoms with E-state index in [0.29, 0.717) is 11.4 Å². The molecule has 0 fully saturated rings. The minimum atomic E-state index is -0.404. The average molecular weight is 291 g/mol. The lowest BCUT2D eigenvalue weighted by atomic mass is 10.3. The molecule has 3 nitrogen and oxygen atoms in total. The van der Waals surface area contributed by atoms with Crippen LogP contribution in [0.2, 0.25) is 0 Å². The number of thioether (sulfide) groups is 1. The van der Waals surface area contributed by atoms with Gasteiger partial charge >= 0.3 is 0 Å². The van der Waals surface area contributed by atoms with Crippen LogP contribution in [0.5, 0.6) is 5.75 Å². The summed E-state index contributed by atoms with van der Waals surface area (Å²) in [5.74, 6) is 0.0233. The second-order valence-electron chi connectivity index (χ2n) is 3.99. The third-order valence-corrected chi connectivity index (χ3v) is 3.56. The molecule has 0 aliphatic carbocycles. The third-order valence-electron chi connectivity index (χ3n) is 2.55. The lowest BCUT2D eigenvalue weighted by Crippen LogP contribution is -2.14. The van der Waals surface area contributed by atoms with E-state index in [-0.39, 0.29) is 11.7 Å². The minimum absolute atomic E-state index is 0.163. The number of carbonyl (C=O) groups is 1. The normalized spacial score (nSPS) is 10.1. The Balaban J connectivity index is 1.95. The summed E-state index contributed by atoms with van der Waals surface area (Å²) in [5, 5.41) is 2.71. The van der Waals surface area contributed by atoms with Crippen LogP contribution in [0, 0.1) is 5.82 Å². The summed E-state index contributed by atoms with van der Waals surface area (Å²) in [5.41, 5.74) is 0.465. The molecular formula is C15H14FNO2S. The Morgan fingerprint density at radius 2 is 2.00 bits per heavy atom. The zero-order valence-electron chi connectivity index (χ0n) is 10.9. The summed E-state index contributed by atoms with van der Waals surface area (Å²) in [7, 11) is 1.43. The Labute approximate surface area is 121 Å². The van der Waals surface area contributed by atoms with Crippen LogP contribution in [-0.4, -0.2) is 18.8 Å². The van der Waals surface area contributed by atoms with Gasteiger partial charge < -0.3 is 10.1 Å². The fraction of sp³-hybridized carbons (Fsp3) is 0.133. The van der Waals surface area contributed by atoms with E-state index in [1.807, 2.05) is 30.3 Å². The largest absolute Gasteiger partial charge is 0.494 e. The van der Waals surface area contributed by atoms with Gasteiger partial charge in [0.15, 0.2) is 0 Å². The number of methoxy groups -OCH3 is 1. The second kappa shape index (κ2) is 6.96. The maximum Gasteiger partial charge on any atom is 0.234 e. The molecule has 0 saturated carbocycles. The van der Waals surface area contributed by atoms with Crippen molar-refractivity contribution in [3.8, 4) is 5.75 Å². The van der Waals surface area contributed by atoms with Gasteiger partial charge in [-0.15, -0.1) is 11.8 Å². The SMILES string of the molecule is COc1cc(F)ccc1NC(=O)CSc1ccccc1. The molecule has 0 atom stereocenters. The highest BCUT2D eigenvalue weighted by molar-refractivity contribution is 8.00. The fourth-order valence-electron chi connectivity index (χ4n) is 1.62. The van der Waals surface area contributed by atoms with Crippen LogP contribution in [0.3, 0.4) is 0 Å². The van der Waals surface area contributed by atoms with Crippen LogP contribution in [-0.2, 0) is 4.79 Å². The summed E-state index contributed by atoms with van der Waals surface area (Å²) in [6.45, 7) is 0. The van der Waals surface area contributed by atoms with Crippen molar-refractivity contribution in [2.45, 2.75) is 4.90 Å². The van der Waals surface area contributed by atoms with Gasteiger partial charge in [0.05, 0.1) is 18.6 Å². The van der Waals surface area contributed by atoms with E-state index < -0.39 is 5.82 Å². The summed E-state index contributed by atoms with van der Waals surface area (Å²) < 4.78 is 18.1. The van der Waals surface area contributed by atoms with Gasteiger partial charge in [0.1, 0.15) is 11.6 Å². The lowest BCUT2D eigenvalue weighted by Gasteiger charge is -2.10. The first kappa shape index (κ1) is 14.4. The number of halogens is 1. The molecule has 0 saturated heterocycles. The topological polar surface area (TPSA) is 38.3 Å². The van der Waals surface area contributed by atoms with Gasteiger partial charge in [-0.05, 0) is 24.3 Å². The highest BCUT2D eigenvalue weighted by atomic mass is 32.2. The van der Waals surface area contributed by atoms with Crippen LogP contribution in [0.4, 0.5) is 10.1 Å². The Morgan fingerprint density at radius 1 is 1.25 bits per heavy atom. The van der Waals surface area contributed by atoms with Gasteiger partial charge in [-0.3, -0.25) is 4.79 Å². The molecule has 0 bridgehead atoms. The Hall–Kier alpha value is -2.01. The van der Waals surface area contributed by atoms with Crippen LogP contribution in [0.1, 0.15) is 0 Å². The summed E-state index contributed by atoms with van der Waals surface area (Å²) in [4.78, 5) is 12.9. The number of rotatable bonds is 5. The standard InChI is InChI=1S/C15H14FNO2S/c1-19-14-9-11(16)7-8-13(14)17-15(18)10-20-12-5-3-2-4-6-12/h2-9H,10H2,1H3,(H,17,18). The van der Waals surface area contributed by atoms with Crippen LogP contribution >= 0.6 is 11.8 Å². The smallest absolute Gasteiger partial charge is 0.234 e. The van der Waals surface area contributed by atoms with Crippen molar-refractivity contribution < 1.29 is 13.9 Å². The van der Waals surface area contributed by atoms with E-state index in [2.05, 4.69) is 5.32 Å². The quantitative estimate of drug-likeness (QED) is 0.856. The summed E-state index contributed by atoms with van der Waals surface area (Å²) >= 11 is 1.44. The van der Waals surface area contributed by atoms with E-state index in [9.17, 15) is 9.18 Å². The van der Waals surface area contributed by atoms with Crippen molar-refractivity contribution in [3.63, 3.8) is 0 Å². The van der Waals surface area contributed by atoms with E-state index in [1.54, 1.807) is 0 Å². The van der Waals surface area contributed by atoms with Gasteiger partial charge in [-0.1, -0.05) is 18.2 Å². The molecular weight excluding hydrogens is 277 g/mol. The molecule has 0 heterocycles. The van der Waals surface area contributed by atoms with Crippen LogP contribution < -0.4 is 10.1 Å². The first-order valence-corrected chi connectivity index (χ1v) is 6.99. The number of ether oxygens (including phenoxy) is 1. The Kier molecular flexibility index (Phi) is 5.01. The number of anilines is 1. The number of hydrogen-bond donors (Lipinski definition) is 1. The molecule has 0 aliphatic heterocycles. The predicted molar refractivity (Wildman–Crippen MR) is 78.7 cm³/mol. The third kappa shape index (κ3) is 3.99. The molecule has 0 unspecified atom stereocenters. The zero-order chi connectivity index (χ0) is 14.4. The van der Waals surface area contributed by atoms with Gasteiger partial charge in [0.25, 0.3) is 0 Å². The second-order valence-corrected chi connectivity index (χ2v) is 5.04. The van der Waals surface area contributed by atoms with Crippen molar-refractivity contribution in [1.82, 2.24) is 0 Å². The highest BCUT2D eigenvalue weighted by Crippen LogP contribution is 2.25. The molecule has 104 valence electrons. The molecule has 1 N–H and O–H groups in total. The van der Waals surface area contributed by atoms with E-state index >= 15 is 0 Å². The Morgan fingerprint density at radius 3 is 2.70 bits per heavy atom. The number of carbonyl (C=O) groups excluding carboxylic acids is 1. The number of nitrogens with one attached hydrogen (secondary N) is 1. The fourth-order valence-corrected chi connectivity index (χ4v) is 2.34. The predicted octanol–water partition coefficient (Wildman–Crippen LogP) is 3.57. The van der Waals surface area contributed by atoms with Crippen molar-refractivity contribution in [2.75, 3.05) is 18.2 Å². The molecule has 0 radical (unpaired) electrons. The number of amides is 1. The van der Waals surface area contributed by atoms with Gasteiger partial charge in [0, 0.05) is 11.0 Å². The zero-order valence-corrected chi connectivity index (χ0v) is 11.7. The maximum atomic E-state index is 13.0. The summed E-state index contributed by atoms with van der Waals surface area (Å²) in [6.07, 6.45) is 0. The molecule has 20 heavy (non-hydrogen) atoms. The monoisotopic (exact) mass is 291 g/mol. The van der Waals surface area contributed by atoms with Crippen molar-refractivity contribution >= 4 is 23.4 Å².